The summed E-state index contributed by atoms with van der Waals surface area (Å²) in [6.45, 7) is 4.67. The summed E-state index contributed by atoms with van der Waals surface area (Å²) in [5.74, 6) is 2.63. The number of fused-ring (bicyclic) bond motifs is 1. The Balaban J connectivity index is 1.51. The fourth-order valence-corrected chi connectivity index (χ4v) is 4.37. The summed E-state index contributed by atoms with van der Waals surface area (Å²) in [5.41, 5.74) is 2.28. The van der Waals surface area contributed by atoms with E-state index in [1.165, 1.54) is 12.8 Å². The molecule has 3 aromatic rings. The number of hydrogen-bond donors (Lipinski definition) is 2. The molecule has 1 aromatic carbocycles. The van der Waals surface area contributed by atoms with Crippen molar-refractivity contribution in [1.82, 2.24) is 19.5 Å². The molecule has 0 atom stereocenters. The van der Waals surface area contributed by atoms with Crippen LogP contribution in [0.15, 0.2) is 23.0 Å². The van der Waals surface area contributed by atoms with Crippen molar-refractivity contribution < 1.29 is 9.47 Å². The van der Waals surface area contributed by atoms with Crippen LogP contribution in [0.25, 0.3) is 11.2 Å². The highest BCUT2D eigenvalue weighted by molar-refractivity contribution is 7.71. The molecule has 2 heterocycles. The Kier molecular flexibility index (Phi) is 6.46. The highest BCUT2D eigenvalue weighted by atomic mass is 32.1. The van der Waals surface area contributed by atoms with Crippen LogP contribution in [-0.2, 0) is 13.0 Å². The van der Waals surface area contributed by atoms with Crippen molar-refractivity contribution in [2.45, 2.75) is 70.9 Å². The zero-order valence-electron chi connectivity index (χ0n) is 18.4. The summed E-state index contributed by atoms with van der Waals surface area (Å²) in [6, 6.07) is 6.09. The van der Waals surface area contributed by atoms with Crippen molar-refractivity contribution in [3.8, 4) is 11.5 Å². The van der Waals surface area contributed by atoms with Crippen LogP contribution in [0, 0.1) is 4.64 Å². The minimum absolute atomic E-state index is 0.223. The van der Waals surface area contributed by atoms with E-state index in [1.54, 1.807) is 11.7 Å². The van der Waals surface area contributed by atoms with Gasteiger partial charge in [-0.05, 0) is 56.2 Å². The molecular formula is C23H30N4O3S. The van der Waals surface area contributed by atoms with E-state index in [2.05, 4.69) is 40.9 Å². The third-order valence-electron chi connectivity index (χ3n) is 5.87. The van der Waals surface area contributed by atoms with Crippen molar-refractivity contribution in [2.75, 3.05) is 7.11 Å². The van der Waals surface area contributed by atoms with Gasteiger partial charge in [0.05, 0.1) is 13.2 Å². The first-order chi connectivity index (χ1) is 15.0. The largest absolute Gasteiger partial charge is 0.493 e. The second kappa shape index (κ2) is 9.26. The summed E-state index contributed by atoms with van der Waals surface area (Å²) in [4.78, 5) is 23.2. The number of benzene rings is 1. The first kappa shape index (κ1) is 21.6. The van der Waals surface area contributed by atoms with Gasteiger partial charge in [-0.25, -0.2) is 9.78 Å². The zero-order chi connectivity index (χ0) is 22.0. The lowest BCUT2D eigenvalue weighted by Crippen LogP contribution is -2.24. The number of H-pyrrole nitrogens is 2. The van der Waals surface area contributed by atoms with Gasteiger partial charge in [0.2, 0.25) is 0 Å². The number of aromatic amines is 2. The van der Waals surface area contributed by atoms with Gasteiger partial charge in [-0.1, -0.05) is 32.1 Å². The SMILES string of the molecule is COc1ccc(CCCn2c(=O)[nH]c(=S)c3[nH]c(C(C)C)nc32)cc1OC1CCCC1. The topological polar surface area (TPSA) is 84.9 Å². The van der Waals surface area contributed by atoms with Crippen LogP contribution < -0.4 is 15.2 Å². The van der Waals surface area contributed by atoms with Gasteiger partial charge in [-0.2, -0.15) is 0 Å². The van der Waals surface area contributed by atoms with Crippen molar-refractivity contribution in [2.24, 2.45) is 0 Å². The molecule has 0 amide bonds. The Morgan fingerprint density at radius 2 is 2.00 bits per heavy atom. The molecule has 1 fully saturated rings. The zero-order valence-corrected chi connectivity index (χ0v) is 19.2. The van der Waals surface area contributed by atoms with E-state index in [1.807, 2.05) is 6.07 Å². The van der Waals surface area contributed by atoms with E-state index in [9.17, 15) is 4.79 Å². The van der Waals surface area contributed by atoms with Gasteiger partial charge in [-0.3, -0.25) is 9.55 Å². The van der Waals surface area contributed by atoms with Crippen LogP contribution in [0.5, 0.6) is 11.5 Å². The quantitative estimate of drug-likeness (QED) is 0.486. The number of aryl methyl sites for hydroxylation is 2. The third-order valence-corrected chi connectivity index (χ3v) is 6.18. The molecule has 0 radical (unpaired) electrons. The Morgan fingerprint density at radius 3 is 2.71 bits per heavy atom. The normalized spacial score (nSPS) is 14.6. The summed E-state index contributed by atoms with van der Waals surface area (Å²) >= 11 is 5.32. The maximum absolute atomic E-state index is 12.6. The van der Waals surface area contributed by atoms with Gasteiger partial charge >= 0.3 is 5.69 Å². The lowest BCUT2D eigenvalue weighted by molar-refractivity contribution is 0.200. The van der Waals surface area contributed by atoms with E-state index in [-0.39, 0.29) is 17.7 Å². The van der Waals surface area contributed by atoms with Gasteiger partial charge in [0.25, 0.3) is 0 Å². The summed E-state index contributed by atoms with van der Waals surface area (Å²) in [6.07, 6.45) is 6.53. The predicted octanol–water partition coefficient (Wildman–Crippen LogP) is 4.87. The fraction of sp³-hybridized carbons (Fsp3) is 0.522. The third kappa shape index (κ3) is 4.69. The number of aromatic nitrogens is 4. The second-order valence-corrected chi connectivity index (χ2v) is 8.91. The van der Waals surface area contributed by atoms with E-state index < -0.39 is 0 Å². The highest BCUT2D eigenvalue weighted by Crippen LogP contribution is 2.32. The molecule has 0 bridgehead atoms. The second-order valence-electron chi connectivity index (χ2n) is 8.50. The van der Waals surface area contributed by atoms with Crippen molar-refractivity contribution >= 4 is 23.4 Å². The maximum Gasteiger partial charge on any atom is 0.328 e. The van der Waals surface area contributed by atoms with E-state index in [4.69, 9.17) is 21.7 Å². The number of ether oxygens (including phenoxy) is 2. The van der Waals surface area contributed by atoms with Gasteiger partial charge in [0.15, 0.2) is 17.1 Å². The number of nitrogens with one attached hydrogen (secondary N) is 2. The Morgan fingerprint density at radius 1 is 1.23 bits per heavy atom. The lowest BCUT2D eigenvalue weighted by Gasteiger charge is -2.17. The molecule has 166 valence electrons. The van der Waals surface area contributed by atoms with Gasteiger partial charge in [0.1, 0.15) is 16.0 Å². The number of methoxy groups -OCH3 is 1. The summed E-state index contributed by atoms with van der Waals surface area (Å²) < 4.78 is 13.8. The van der Waals surface area contributed by atoms with Gasteiger partial charge in [0, 0.05) is 12.5 Å². The molecule has 1 aliphatic rings. The number of hydrogen-bond acceptors (Lipinski definition) is 5. The monoisotopic (exact) mass is 442 g/mol. The fourth-order valence-electron chi connectivity index (χ4n) is 4.14. The Bertz CT molecular complexity index is 1170. The lowest BCUT2D eigenvalue weighted by atomic mass is 10.1. The molecule has 4 rings (SSSR count). The molecule has 1 aliphatic carbocycles. The molecule has 0 spiro atoms. The van der Waals surface area contributed by atoms with Crippen LogP contribution in [0.2, 0.25) is 0 Å². The van der Waals surface area contributed by atoms with E-state index in [0.29, 0.717) is 16.8 Å². The molecule has 2 N–H and O–H groups in total. The standard InChI is InChI=1S/C23H30N4O3S/c1-14(2)20-24-19-21(25-20)27(23(28)26-22(19)31)12-6-7-15-10-11-17(29-3)18(13-15)30-16-8-4-5-9-16/h10-11,13-14,16H,4-9,12H2,1-3H3,(H,24,25)(H,26,28,31). The molecular weight excluding hydrogens is 412 g/mol. The number of rotatable bonds is 8. The molecule has 31 heavy (non-hydrogen) atoms. The van der Waals surface area contributed by atoms with Gasteiger partial charge < -0.3 is 14.5 Å². The smallest absolute Gasteiger partial charge is 0.328 e. The average molecular weight is 443 g/mol. The highest BCUT2D eigenvalue weighted by Gasteiger charge is 2.19. The molecule has 2 aromatic heterocycles. The summed E-state index contributed by atoms with van der Waals surface area (Å²) in [7, 11) is 1.67. The molecule has 7 nitrogen and oxygen atoms in total. The van der Waals surface area contributed by atoms with Crippen LogP contribution in [-0.4, -0.2) is 32.7 Å². The average Bonchev–Trinajstić information content (AvgIpc) is 3.41. The van der Waals surface area contributed by atoms with Crippen molar-refractivity contribution in [1.29, 1.82) is 0 Å². The molecule has 0 aliphatic heterocycles. The van der Waals surface area contributed by atoms with Crippen LogP contribution in [0.1, 0.15) is 63.3 Å². The number of imidazole rings is 1. The van der Waals surface area contributed by atoms with Crippen molar-refractivity contribution in [3.63, 3.8) is 0 Å². The minimum atomic E-state index is -0.223. The van der Waals surface area contributed by atoms with Crippen LogP contribution in [0.3, 0.4) is 0 Å². The van der Waals surface area contributed by atoms with E-state index >= 15 is 0 Å². The van der Waals surface area contributed by atoms with Crippen LogP contribution in [0.4, 0.5) is 0 Å². The molecule has 0 unspecified atom stereocenters. The molecule has 1 saturated carbocycles. The van der Waals surface area contributed by atoms with Crippen LogP contribution >= 0.6 is 12.2 Å². The maximum atomic E-state index is 12.6. The predicted molar refractivity (Wildman–Crippen MR) is 124 cm³/mol. The first-order valence-corrected chi connectivity index (χ1v) is 11.4. The summed E-state index contributed by atoms with van der Waals surface area (Å²) in [5, 5.41) is 0. The first-order valence-electron chi connectivity index (χ1n) is 11.0. The van der Waals surface area contributed by atoms with E-state index in [0.717, 1.165) is 54.1 Å². The molecule has 0 saturated heterocycles. The Hall–Kier alpha value is -2.61. The molecule has 8 heteroatoms. The van der Waals surface area contributed by atoms with Gasteiger partial charge in [-0.15, -0.1) is 0 Å². The van der Waals surface area contributed by atoms with Crippen molar-refractivity contribution in [3.05, 3.63) is 44.7 Å². The Labute approximate surface area is 186 Å². The minimum Gasteiger partial charge on any atom is -0.493 e. The number of nitrogens with zero attached hydrogens (tertiary/aromatic N) is 2.